The van der Waals surface area contributed by atoms with Crippen LogP contribution >= 0.6 is 0 Å². The van der Waals surface area contributed by atoms with Crippen LogP contribution < -0.4 is 5.32 Å². The highest BCUT2D eigenvalue weighted by Crippen LogP contribution is 1.93. The molecule has 1 aromatic heterocycles. The number of hydrogen-bond donors (Lipinski definition) is 2. The number of aliphatic carboxylic acids is 1. The largest absolute Gasteiger partial charge is 0.480 e. The molecule has 0 unspecified atom stereocenters. The van der Waals surface area contributed by atoms with Crippen LogP contribution in [0.1, 0.15) is 5.69 Å². The van der Waals surface area contributed by atoms with Crippen LogP contribution in [0.4, 0.5) is 0 Å². The van der Waals surface area contributed by atoms with Gasteiger partial charge in [-0.3, -0.25) is 4.79 Å². The maximum atomic E-state index is 10.1. The molecule has 0 spiro atoms. The van der Waals surface area contributed by atoms with Gasteiger partial charge < -0.3 is 15.0 Å². The van der Waals surface area contributed by atoms with E-state index in [0.29, 0.717) is 6.54 Å². The number of aromatic nitrogens is 2. The van der Waals surface area contributed by atoms with Gasteiger partial charge in [-0.15, -0.1) is 0 Å². The second-order valence-corrected chi connectivity index (χ2v) is 2.85. The molecule has 0 aliphatic heterocycles. The maximum Gasteiger partial charge on any atom is 0.317 e. The highest BCUT2D eigenvalue weighted by atomic mass is 16.4. The lowest BCUT2D eigenvalue weighted by atomic mass is 10.3. The summed E-state index contributed by atoms with van der Waals surface area (Å²) in [4.78, 5) is 14.2. The Hall–Kier alpha value is -1.36. The summed E-state index contributed by atoms with van der Waals surface area (Å²) >= 11 is 0. The fraction of sp³-hybridized carbons (Fsp3) is 0.500. The number of rotatable bonds is 5. The van der Waals surface area contributed by atoms with Gasteiger partial charge >= 0.3 is 5.97 Å². The van der Waals surface area contributed by atoms with E-state index in [-0.39, 0.29) is 6.54 Å². The van der Waals surface area contributed by atoms with Crippen molar-refractivity contribution >= 4 is 5.97 Å². The van der Waals surface area contributed by atoms with Gasteiger partial charge in [0, 0.05) is 26.2 Å². The lowest BCUT2D eigenvalue weighted by Crippen LogP contribution is -2.24. The second-order valence-electron chi connectivity index (χ2n) is 2.85. The Morgan fingerprint density at radius 2 is 2.54 bits per heavy atom. The Kier molecular flexibility index (Phi) is 3.45. The van der Waals surface area contributed by atoms with E-state index in [1.165, 1.54) is 0 Å². The third kappa shape index (κ3) is 3.71. The van der Waals surface area contributed by atoms with Crippen LogP contribution in [0.15, 0.2) is 12.5 Å². The molecule has 2 N–H and O–H groups in total. The van der Waals surface area contributed by atoms with Gasteiger partial charge in [-0.1, -0.05) is 0 Å². The number of aryl methyl sites for hydroxylation is 1. The van der Waals surface area contributed by atoms with Crippen molar-refractivity contribution in [3.63, 3.8) is 0 Å². The summed E-state index contributed by atoms with van der Waals surface area (Å²) < 4.78 is 1.87. The molecule has 1 aromatic rings. The Morgan fingerprint density at radius 1 is 1.77 bits per heavy atom. The monoisotopic (exact) mass is 183 g/mol. The first-order valence-corrected chi connectivity index (χ1v) is 4.08. The molecule has 0 fully saturated rings. The number of imidazole rings is 1. The molecule has 0 aliphatic carbocycles. The molecule has 1 heterocycles. The van der Waals surface area contributed by atoms with Gasteiger partial charge in [-0.25, -0.2) is 4.98 Å². The van der Waals surface area contributed by atoms with Crippen LogP contribution in [-0.4, -0.2) is 33.7 Å². The van der Waals surface area contributed by atoms with Crippen molar-refractivity contribution in [2.24, 2.45) is 7.05 Å². The highest BCUT2D eigenvalue weighted by Gasteiger charge is 1.97. The highest BCUT2D eigenvalue weighted by molar-refractivity contribution is 5.68. The van der Waals surface area contributed by atoms with Gasteiger partial charge in [0.1, 0.15) is 0 Å². The van der Waals surface area contributed by atoms with E-state index in [1.54, 1.807) is 6.33 Å². The van der Waals surface area contributed by atoms with E-state index < -0.39 is 5.97 Å². The number of carboxylic acids is 1. The van der Waals surface area contributed by atoms with Crippen LogP contribution in [0.5, 0.6) is 0 Å². The standard InChI is InChI=1S/C8H13N3O2/c1-11-5-7(10-6-11)2-3-9-4-8(12)13/h5-6,9H,2-4H2,1H3,(H,12,13). The summed E-state index contributed by atoms with van der Waals surface area (Å²) in [7, 11) is 1.90. The van der Waals surface area contributed by atoms with E-state index in [2.05, 4.69) is 10.3 Å². The van der Waals surface area contributed by atoms with E-state index >= 15 is 0 Å². The quantitative estimate of drug-likeness (QED) is 0.611. The molecular formula is C8H13N3O2. The van der Waals surface area contributed by atoms with E-state index in [9.17, 15) is 4.79 Å². The van der Waals surface area contributed by atoms with Crippen LogP contribution in [0.3, 0.4) is 0 Å². The zero-order valence-electron chi connectivity index (χ0n) is 7.53. The topological polar surface area (TPSA) is 67.2 Å². The van der Waals surface area contributed by atoms with Gasteiger partial charge in [0.05, 0.1) is 18.6 Å². The van der Waals surface area contributed by atoms with E-state index in [1.807, 2.05) is 17.8 Å². The molecule has 0 amide bonds. The number of carboxylic acid groups (broad SMARTS) is 1. The Balaban J connectivity index is 2.16. The number of hydrogen-bond acceptors (Lipinski definition) is 3. The lowest BCUT2D eigenvalue weighted by Gasteiger charge is -1.98. The summed E-state index contributed by atoms with van der Waals surface area (Å²) in [6.45, 7) is 0.649. The molecule has 72 valence electrons. The minimum Gasteiger partial charge on any atom is -0.480 e. The fourth-order valence-electron chi connectivity index (χ4n) is 1.01. The van der Waals surface area contributed by atoms with Crippen molar-refractivity contribution in [1.82, 2.24) is 14.9 Å². The van der Waals surface area contributed by atoms with E-state index in [4.69, 9.17) is 5.11 Å². The molecule has 0 bridgehead atoms. The van der Waals surface area contributed by atoms with Crippen LogP contribution in [0.25, 0.3) is 0 Å². The number of carbonyl (C=O) groups is 1. The minimum absolute atomic E-state index is 0.00678. The fourth-order valence-corrected chi connectivity index (χ4v) is 1.01. The van der Waals surface area contributed by atoms with Gasteiger partial charge in [0.2, 0.25) is 0 Å². The third-order valence-electron chi connectivity index (χ3n) is 1.59. The molecule has 0 aromatic carbocycles. The third-order valence-corrected chi connectivity index (χ3v) is 1.59. The summed E-state index contributed by atoms with van der Waals surface area (Å²) in [6, 6.07) is 0. The number of nitrogens with one attached hydrogen (secondary N) is 1. The van der Waals surface area contributed by atoms with Crippen molar-refractivity contribution in [3.05, 3.63) is 18.2 Å². The van der Waals surface area contributed by atoms with Crippen molar-refractivity contribution in [3.8, 4) is 0 Å². The first kappa shape index (κ1) is 9.73. The molecule has 5 nitrogen and oxygen atoms in total. The Morgan fingerprint density at radius 3 is 3.08 bits per heavy atom. The normalized spacial score (nSPS) is 10.2. The van der Waals surface area contributed by atoms with Crippen molar-refractivity contribution in [1.29, 1.82) is 0 Å². The predicted molar refractivity (Wildman–Crippen MR) is 47.4 cm³/mol. The molecule has 0 saturated carbocycles. The molecule has 0 radical (unpaired) electrons. The van der Waals surface area contributed by atoms with Crippen LogP contribution in [0, 0.1) is 0 Å². The van der Waals surface area contributed by atoms with Crippen LogP contribution in [-0.2, 0) is 18.3 Å². The first-order chi connectivity index (χ1) is 6.18. The molecule has 5 heteroatoms. The molecular weight excluding hydrogens is 170 g/mol. The van der Waals surface area contributed by atoms with Gasteiger partial charge in [0.15, 0.2) is 0 Å². The average Bonchev–Trinajstić information content (AvgIpc) is 2.45. The Labute approximate surface area is 76.4 Å². The van der Waals surface area contributed by atoms with Crippen molar-refractivity contribution < 1.29 is 9.90 Å². The lowest BCUT2D eigenvalue weighted by molar-refractivity contribution is -0.135. The first-order valence-electron chi connectivity index (χ1n) is 4.08. The zero-order chi connectivity index (χ0) is 9.68. The summed E-state index contributed by atoms with van der Waals surface area (Å²) in [5.74, 6) is -0.832. The van der Waals surface area contributed by atoms with Gasteiger partial charge in [-0.05, 0) is 0 Å². The molecule has 13 heavy (non-hydrogen) atoms. The van der Waals surface area contributed by atoms with Gasteiger partial charge in [0.25, 0.3) is 0 Å². The molecule has 0 atom stereocenters. The van der Waals surface area contributed by atoms with Crippen molar-refractivity contribution in [2.45, 2.75) is 6.42 Å². The summed E-state index contributed by atoms with van der Waals surface area (Å²) in [5, 5.41) is 11.1. The van der Waals surface area contributed by atoms with Gasteiger partial charge in [-0.2, -0.15) is 0 Å². The van der Waals surface area contributed by atoms with E-state index in [0.717, 1.165) is 12.1 Å². The SMILES string of the molecule is Cn1cnc(CCNCC(=O)O)c1. The second kappa shape index (κ2) is 4.61. The van der Waals surface area contributed by atoms with Crippen molar-refractivity contribution in [2.75, 3.05) is 13.1 Å². The minimum atomic E-state index is -0.832. The summed E-state index contributed by atoms with van der Waals surface area (Å²) in [5.41, 5.74) is 0.973. The predicted octanol–water partition coefficient (Wildman–Crippen LogP) is -0.363. The molecule has 1 rings (SSSR count). The van der Waals surface area contributed by atoms with Crippen LogP contribution in [0.2, 0.25) is 0 Å². The number of nitrogens with zero attached hydrogens (tertiary/aromatic N) is 2. The maximum absolute atomic E-state index is 10.1. The zero-order valence-corrected chi connectivity index (χ0v) is 7.53. The smallest absolute Gasteiger partial charge is 0.317 e. The molecule has 0 aliphatic rings. The summed E-state index contributed by atoms with van der Waals surface area (Å²) in [6.07, 6.45) is 4.41. The average molecular weight is 183 g/mol. The molecule has 0 saturated heterocycles. The Bertz CT molecular complexity index is 283.